The number of nitrogens with one attached hydrogen (secondary N) is 1. The Bertz CT molecular complexity index is 455. The van der Waals surface area contributed by atoms with Gasteiger partial charge in [-0.3, -0.25) is 4.99 Å². The summed E-state index contributed by atoms with van der Waals surface area (Å²) in [4.78, 5) is 4.66. The number of hydrogen-bond acceptors (Lipinski definition) is 3. The Morgan fingerprint density at radius 3 is 2.80 bits per heavy atom. The van der Waals surface area contributed by atoms with E-state index in [4.69, 9.17) is 4.74 Å². The van der Waals surface area contributed by atoms with Crippen molar-refractivity contribution in [3.63, 3.8) is 0 Å². The van der Waals surface area contributed by atoms with Crippen LogP contribution in [0, 0.1) is 0 Å². The first-order valence-corrected chi connectivity index (χ1v) is 8.48. The summed E-state index contributed by atoms with van der Waals surface area (Å²) in [5, 5.41) is 4.79. The van der Waals surface area contributed by atoms with Gasteiger partial charge >= 0.3 is 0 Å². The van der Waals surface area contributed by atoms with E-state index in [1.54, 1.807) is 0 Å². The fourth-order valence-electron chi connectivity index (χ4n) is 2.86. The lowest BCUT2D eigenvalue weighted by Crippen LogP contribution is -2.40. The summed E-state index contributed by atoms with van der Waals surface area (Å²) in [6.45, 7) is 1.58. The molecule has 2 aliphatic rings. The highest BCUT2D eigenvalue weighted by atomic mass is 32.2. The van der Waals surface area contributed by atoms with Gasteiger partial charge in [-0.2, -0.15) is 0 Å². The van der Waals surface area contributed by atoms with Crippen molar-refractivity contribution in [3.8, 4) is 5.75 Å². The standard InChI is InChI=1S/C16H22N2OS/c1-2-7-14(8-3-1)19-12-6-11-17-15-18-16(13-20-15)9-4-5-10-16/h1-3,7-8H,4-6,9-13H2,(H,17,18). The molecule has 108 valence electrons. The lowest BCUT2D eigenvalue weighted by molar-refractivity contribution is 0.313. The first-order chi connectivity index (χ1) is 9.86. The summed E-state index contributed by atoms with van der Waals surface area (Å²) in [6.07, 6.45) is 6.33. The van der Waals surface area contributed by atoms with Crippen LogP contribution in [0.25, 0.3) is 0 Å². The van der Waals surface area contributed by atoms with Crippen molar-refractivity contribution in [2.24, 2.45) is 4.99 Å². The number of benzene rings is 1. The number of ether oxygens (including phenoxy) is 1. The van der Waals surface area contributed by atoms with Gasteiger partial charge in [0, 0.05) is 24.3 Å². The average Bonchev–Trinajstić information content (AvgIpc) is 3.10. The van der Waals surface area contributed by atoms with Gasteiger partial charge in [0.2, 0.25) is 0 Å². The molecule has 4 heteroatoms. The summed E-state index contributed by atoms with van der Waals surface area (Å²) >= 11 is 1.89. The molecule has 1 N–H and O–H groups in total. The number of amidine groups is 1. The van der Waals surface area contributed by atoms with E-state index < -0.39 is 0 Å². The largest absolute Gasteiger partial charge is 0.494 e. The van der Waals surface area contributed by atoms with E-state index in [9.17, 15) is 0 Å². The maximum absolute atomic E-state index is 5.67. The van der Waals surface area contributed by atoms with Crippen LogP contribution in [0.5, 0.6) is 5.75 Å². The van der Waals surface area contributed by atoms with E-state index >= 15 is 0 Å². The molecular weight excluding hydrogens is 268 g/mol. The molecule has 0 unspecified atom stereocenters. The topological polar surface area (TPSA) is 33.6 Å². The minimum atomic E-state index is 0.379. The minimum Gasteiger partial charge on any atom is -0.494 e. The Morgan fingerprint density at radius 2 is 2.00 bits per heavy atom. The number of rotatable bonds is 5. The third-order valence-electron chi connectivity index (χ3n) is 3.99. The van der Waals surface area contributed by atoms with E-state index in [2.05, 4.69) is 10.3 Å². The summed E-state index contributed by atoms with van der Waals surface area (Å²) in [5.41, 5.74) is 0.379. The van der Waals surface area contributed by atoms with Crippen LogP contribution in [0.1, 0.15) is 32.1 Å². The Labute approximate surface area is 125 Å². The maximum Gasteiger partial charge on any atom is 0.157 e. The Hall–Kier alpha value is -1.16. The van der Waals surface area contributed by atoms with Crippen molar-refractivity contribution in [1.82, 2.24) is 5.32 Å². The number of nitrogens with zero attached hydrogens (tertiary/aromatic N) is 1. The van der Waals surface area contributed by atoms with Crippen LogP contribution in [0.15, 0.2) is 35.3 Å². The molecule has 3 nitrogen and oxygen atoms in total. The van der Waals surface area contributed by atoms with Gasteiger partial charge in [0.15, 0.2) is 5.17 Å². The second kappa shape index (κ2) is 6.53. The number of hydrogen-bond donors (Lipinski definition) is 1. The van der Waals surface area contributed by atoms with Gasteiger partial charge in [0.25, 0.3) is 0 Å². The first kappa shape index (κ1) is 13.8. The lowest BCUT2D eigenvalue weighted by Gasteiger charge is -2.21. The van der Waals surface area contributed by atoms with Crippen molar-refractivity contribution in [2.75, 3.05) is 18.9 Å². The molecule has 1 saturated carbocycles. The summed E-state index contributed by atoms with van der Waals surface area (Å²) in [7, 11) is 0. The molecule has 1 heterocycles. The second-order valence-electron chi connectivity index (χ2n) is 5.60. The first-order valence-electron chi connectivity index (χ1n) is 7.50. The van der Waals surface area contributed by atoms with E-state index in [1.807, 2.05) is 42.1 Å². The van der Waals surface area contributed by atoms with Gasteiger partial charge in [-0.25, -0.2) is 0 Å². The van der Waals surface area contributed by atoms with E-state index in [0.717, 1.165) is 30.5 Å². The van der Waals surface area contributed by atoms with E-state index in [0.29, 0.717) is 5.54 Å². The molecular formula is C16H22N2OS. The van der Waals surface area contributed by atoms with Crippen LogP contribution in [0.3, 0.4) is 0 Å². The van der Waals surface area contributed by atoms with Crippen molar-refractivity contribution >= 4 is 16.9 Å². The quantitative estimate of drug-likeness (QED) is 0.843. The molecule has 20 heavy (non-hydrogen) atoms. The SMILES string of the molecule is c1ccc(OCCCN=C2NC3(CCCC3)CS2)cc1. The van der Waals surface area contributed by atoms with Crippen molar-refractivity contribution in [2.45, 2.75) is 37.6 Å². The molecule has 0 amide bonds. The predicted molar refractivity (Wildman–Crippen MR) is 85.6 cm³/mol. The van der Waals surface area contributed by atoms with Crippen LogP contribution >= 0.6 is 11.8 Å². The Balaban J connectivity index is 1.36. The molecule has 1 aliphatic heterocycles. The Kier molecular flexibility index (Phi) is 4.51. The van der Waals surface area contributed by atoms with Crippen LogP contribution in [-0.4, -0.2) is 29.6 Å². The molecule has 1 aliphatic carbocycles. The minimum absolute atomic E-state index is 0.379. The van der Waals surface area contributed by atoms with Crippen molar-refractivity contribution < 1.29 is 4.74 Å². The smallest absolute Gasteiger partial charge is 0.157 e. The molecule has 1 aromatic rings. The Morgan fingerprint density at radius 1 is 1.20 bits per heavy atom. The van der Waals surface area contributed by atoms with Gasteiger partial charge in [-0.15, -0.1) is 0 Å². The highest BCUT2D eigenvalue weighted by molar-refractivity contribution is 8.14. The molecule has 0 bridgehead atoms. The van der Waals surface area contributed by atoms with Crippen LogP contribution in [0.4, 0.5) is 0 Å². The molecule has 1 saturated heterocycles. The fraction of sp³-hybridized carbons (Fsp3) is 0.562. The molecule has 2 fully saturated rings. The zero-order valence-corrected chi connectivity index (χ0v) is 12.6. The number of thioether (sulfide) groups is 1. The van der Waals surface area contributed by atoms with Crippen LogP contribution < -0.4 is 10.1 Å². The zero-order chi connectivity index (χ0) is 13.7. The summed E-state index contributed by atoms with van der Waals surface area (Å²) < 4.78 is 5.67. The molecule has 3 rings (SSSR count). The van der Waals surface area contributed by atoms with Crippen LogP contribution in [-0.2, 0) is 0 Å². The number of para-hydroxylation sites is 1. The fourth-order valence-corrected chi connectivity index (χ4v) is 4.11. The monoisotopic (exact) mass is 290 g/mol. The summed E-state index contributed by atoms with van der Waals surface area (Å²) in [5.74, 6) is 2.14. The van der Waals surface area contributed by atoms with Gasteiger partial charge in [0.1, 0.15) is 5.75 Å². The molecule has 0 radical (unpaired) electrons. The van der Waals surface area contributed by atoms with Crippen molar-refractivity contribution in [1.29, 1.82) is 0 Å². The molecule has 0 aromatic heterocycles. The zero-order valence-electron chi connectivity index (χ0n) is 11.8. The third kappa shape index (κ3) is 3.48. The van der Waals surface area contributed by atoms with E-state index in [1.165, 1.54) is 31.4 Å². The highest BCUT2D eigenvalue weighted by Crippen LogP contribution is 2.37. The summed E-state index contributed by atoms with van der Waals surface area (Å²) in [6, 6.07) is 9.97. The van der Waals surface area contributed by atoms with Gasteiger partial charge in [-0.1, -0.05) is 42.8 Å². The third-order valence-corrected chi connectivity index (χ3v) is 5.19. The predicted octanol–water partition coefficient (Wildman–Crippen LogP) is 3.46. The molecule has 1 spiro atoms. The highest BCUT2D eigenvalue weighted by Gasteiger charge is 2.39. The normalized spacial score (nSPS) is 22.3. The second-order valence-corrected chi connectivity index (χ2v) is 6.57. The van der Waals surface area contributed by atoms with Gasteiger partial charge < -0.3 is 10.1 Å². The van der Waals surface area contributed by atoms with Crippen LogP contribution in [0.2, 0.25) is 0 Å². The average molecular weight is 290 g/mol. The van der Waals surface area contributed by atoms with Gasteiger partial charge in [-0.05, 0) is 25.0 Å². The number of aliphatic imine (C=N–C) groups is 1. The molecule has 0 atom stereocenters. The lowest BCUT2D eigenvalue weighted by atomic mass is 10.0. The van der Waals surface area contributed by atoms with E-state index in [-0.39, 0.29) is 0 Å². The van der Waals surface area contributed by atoms with Gasteiger partial charge in [0.05, 0.1) is 6.61 Å². The maximum atomic E-state index is 5.67. The molecule has 1 aromatic carbocycles. The van der Waals surface area contributed by atoms with Crippen molar-refractivity contribution in [3.05, 3.63) is 30.3 Å².